The molecule has 1 aromatic carbocycles. The van der Waals surface area contributed by atoms with Crippen LogP contribution in [0.5, 0.6) is 0 Å². The molecule has 0 radical (unpaired) electrons. The first-order valence-electron chi connectivity index (χ1n) is 8.85. The lowest BCUT2D eigenvalue weighted by Crippen LogP contribution is -2.35. The van der Waals surface area contributed by atoms with Gasteiger partial charge < -0.3 is 15.1 Å². The van der Waals surface area contributed by atoms with Crippen molar-refractivity contribution in [3.8, 4) is 0 Å². The average molecular weight is 320 g/mol. The Morgan fingerprint density at radius 3 is 1.96 bits per heavy atom. The molecule has 3 heteroatoms. The van der Waals surface area contributed by atoms with Gasteiger partial charge >= 0.3 is 0 Å². The highest BCUT2D eigenvalue weighted by molar-refractivity contribution is 5.22. The van der Waals surface area contributed by atoms with E-state index in [0.29, 0.717) is 0 Å². The van der Waals surface area contributed by atoms with E-state index in [-0.39, 0.29) is 5.54 Å². The van der Waals surface area contributed by atoms with Crippen LogP contribution < -0.4 is 5.32 Å². The molecule has 0 amide bonds. The van der Waals surface area contributed by atoms with Gasteiger partial charge in [0.2, 0.25) is 0 Å². The molecule has 0 spiro atoms. The van der Waals surface area contributed by atoms with Crippen LogP contribution in [-0.4, -0.2) is 49.1 Å². The first-order chi connectivity index (χ1) is 10.7. The fraction of sp³-hybridized carbons (Fsp3) is 0.700. The molecule has 3 nitrogen and oxygen atoms in total. The average Bonchev–Trinajstić information content (AvgIpc) is 2.43. The van der Waals surface area contributed by atoms with E-state index in [1.807, 2.05) is 0 Å². The highest BCUT2D eigenvalue weighted by Crippen LogP contribution is 2.09. The van der Waals surface area contributed by atoms with E-state index in [1.54, 1.807) is 0 Å². The molecule has 0 heterocycles. The fourth-order valence-corrected chi connectivity index (χ4v) is 2.58. The number of likely N-dealkylation sites (N-methyl/N-ethyl adjacent to an activating group) is 2. The molecule has 0 aromatic heterocycles. The minimum Gasteiger partial charge on any atom is -0.308 e. The Hall–Kier alpha value is -0.900. The molecule has 132 valence electrons. The lowest BCUT2D eigenvalue weighted by atomic mass is 10.1. The Morgan fingerprint density at radius 2 is 1.43 bits per heavy atom. The van der Waals surface area contributed by atoms with Gasteiger partial charge in [-0.2, -0.15) is 0 Å². The van der Waals surface area contributed by atoms with Gasteiger partial charge in [0, 0.05) is 38.3 Å². The van der Waals surface area contributed by atoms with E-state index < -0.39 is 0 Å². The highest BCUT2D eigenvalue weighted by Gasteiger charge is 2.08. The van der Waals surface area contributed by atoms with Gasteiger partial charge in [-0.3, -0.25) is 0 Å². The summed E-state index contributed by atoms with van der Waals surface area (Å²) in [6.45, 7) is 16.5. The van der Waals surface area contributed by atoms with Crippen LogP contribution in [0.4, 0.5) is 0 Å². The van der Waals surface area contributed by atoms with Crippen LogP contribution in [0.2, 0.25) is 0 Å². The zero-order valence-electron chi connectivity index (χ0n) is 16.3. The lowest BCUT2D eigenvalue weighted by molar-refractivity contribution is 0.236. The van der Waals surface area contributed by atoms with E-state index in [0.717, 1.165) is 32.1 Å². The Bertz CT molecular complexity index is 431. The summed E-state index contributed by atoms with van der Waals surface area (Å²) in [4.78, 5) is 4.82. The molecule has 0 atom stereocenters. The third-order valence-electron chi connectivity index (χ3n) is 3.84. The van der Waals surface area contributed by atoms with Crippen LogP contribution in [-0.2, 0) is 13.1 Å². The minimum atomic E-state index is 0.168. The summed E-state index contributed by atoms with van der Waals surface area (Å²) in [5, 5.41) is 3.53. The van der Waals surface area contributed by atoms with Gasteiger partial charge in [-0.05, 0) is 51.9 Å². The molecule has 23 heavy (non-hydrogen) atoms. The Labute approximate surface area is 144 Å². The molecule has 0 bridgehead atoms. The lowest BCUT2D eigenvalue weighted by Gasteiger charge is -2.23. The molecule has 0 saturated heterocycles. The maximum Gasteiger partial charge on any atom is 0.0231 e. The predicted molar refractivity (Wildman–Crippen MR) is 102 cm³/mol. The highest BCUT2D eigenvalue weighted by atomic mass is 15.2. The standard InChI is InChI=1S/C20H37N3/c1-17(2)15-22(6)12-13-23(7)16-19-10-8-18(9-11-19)14-21-20(3,4)5/h8-11,17,21H,12-16H2,1-7H3. The van der Waals surface area contributed by atoms with Gasteiger partial charge in [0.1, 0.15) is 0 Å². The second-order valence-corrected chi connectivity index (χ2v) is 8.31. The second kappa shape index (κ2) is 9.41. The summed E-state index contributed by atoms with van der Waals surface area (Å²) in [5.41, 5.74) is 2.91. The van der Waals surface area contributed by atoms with Crippen molar-refractivity contribution in [2.24, 2.45) is 5.92 Å². The molecule has 0 fully saturated rings. The summed E-state index contributed by atoms with van der Waals surface area (Å²) < 4.78 is 0. The molecule has 0 saturated carbocycles. The first-order valence-corrected chi connectivity index (χ1v) is 8.85. The van der Waals surface area contributed by atoms with Crippen molar-refractivity contribution in [2.75, 3.05) is 33.7 Å². The largest absolute Gasteiger partial charge is 0.308 e. The minimum absolute atomic E-state index is 0.168. The molecular formula is C20H37N3. The summed E-state index contributed by atoms with van der Waals surface area (Å²) in [6, 6.07) is 9.00. The smallest absolute Gasteiger partial charge is 0.0231 e. The van der Waals surface area contributed by atoms with Crippen LogP contribution >= 0.6 is 0 Å². The summed E-state index contributed by atoms with van der Waals surface area (Å²) >= 11 is 0. The molecule has 0 aliphatic carbocycles. The van der Waals surface area contributed by atoms with Gasteiger partial charge in [0.15, 0.2) is 0 Å². The molecule has 1 rings (SSSR count). The van der Waals surface area contributed by atoms with Crippen molar-refractivity contribution >= 4 is 0 Å². The van der Waals surface area contributed by atoms with Gasteiger partial charge in [-0.1, -0.05) is 38.1 Å². The van der Waals surface area contributed by atoms with Gasteiger partial charge in [0.05, 0.1) is 0 Å². The number of nitrogens with one attached hydrogen (secondary N) is 1. The van der Waals surface area contributed by atoms with Gasteiger partial charge in [-0.15, -0.1) is 0 Å². The van der Waals surface area contributed by atoms with E-state index in [4.69, 9.17) is 0 Å². The van der Waals surface area contributed by atoms with Crippen LogP contribution in [0, 0.1) is 5.92 Å². The van der Waals surface area contributed by atoms with Crippen molar-refractivity contribution in [3.63, 3.8) is 0 Å². The molecular weight excluding hydrogens is 282 g/mol. The molecule has 0 aliphatic rings. The normalized spacial score (nSPS) is 12.6. The van der Waals surface area contributed by atoms with E-state index >= 15 is 0 Å². The Morgan fingerprint density at radius 1 is 0.913 bits per heavy atom. The van der Waals surface area contributed by atoms with Crippen molar-refractivity contribution in [1.29, 1.82) is 0 Å². The Kier molecular flexibility index (Phi) is 8.24. The fourth-order valence-electron chi connectivity index (χ4n) is 2.58. The predicted octanol–water partition coefficient (Wildman–Crippen LogP) is 3.59. The van der Waals surface area contributed by atoms with Crippen molar-refractivity contribution in [2.45, 2.75) is 53.2 Å². The van der Waals surface area contributed by atoms with Crippen molar-refractivity contribution in [1.82, 2.24) is 15.1 Å². The van der Waals surface area contributed by atoms with E-state index in [2.05, 4.69) is 88.1 Å². The van der Waals surface area contributed by atoms with Crippen LogP contribution in [0.3, 0.4) is 0 Å². The zero-order valence-corrected chi connectivity index (χ0v) is 16.3. The second-order valence-electron chi connectivity index (χ2n) is 8.31. The number of hydrogen-bond acceptors (Lipinski definition) is 3. The van der Waals surface area contributed by atoms with Gasteiger partial charge in [0.25, 0.3) is 0 Å². The summed E-state index contributed by atoms with van der Waals surface area (Å²) in [6.07, 6.45) is 0. The molecule has 1 N–H and O–H groups in total. The Balaban J connectivity index is 2.36. The molecule has 1 aromatic rings. The molecule has 0 unspecified atom stereocenters. The number of benzene rings is 1. The van der Waals surface area contributed by atoms with Crippen LogP contribution in [0.25, 0.3) is 0 Å². The summed E-state index contributed by atoms with van der Waals surface area (Å²) in [5.74, 6) is 0.736. The quantitative estimate of drug-likeness (QED) is 0.750. The van der Waals surface area contributed by atoms with Gasteiger partial charge in [-0.25, -0.2) is 0 Å². The number of nitrogens with zero attached hydrogens (tertiary/aromatic N) is 2. The zero-order chi connectivity index (χ0) is 17.5. The SMILES string of the molecule is CC(C)CN(C)CCN(C)Cc1ccc(CNC(C)(C)C)cc1. The first kappa shape index (κ1) is 20.1. The number of hydrogen-bond donors (Lipinski definition) is 1. The van der Waals surface area contributed by atoms with E-state index in [1.165, 1.54) is 17.7 Å². The summed E-state index contributed by atoms with van der Waals surface area (Å²) in [7, 11) is 4.42. The molecule has 0 aliphatic heterocycles. The third-order valence-corrected chi connectivity index (χ3v) is 3.84. The van der Waals surface area contributed by atoms with Crippen molar-refractivity contribution < 1.29 is 0 Å². The van der Waals surface area contributed by atoms with Crippen LogP contribution in [0.1, 0.15) is 45.7 Å². The third kappa shape index (κ3) is 9.75. The number of rotatable bonds is 9. The van der Waals surface area contributed by atoms with E-state index in [9.17, 15) is 0 Å². The monoisotopic (exact) mass is 319 g/mol. The maximum absolute atomic E-state index is 3.53. The topological polar surface area (TPSA) is 18.5 Å². The maximum atomic E-state index is 3.53. The van der Waals surface area contributed by atoms with Crippen molar-refractivity contribution in [3.05, 3.63) is 35.4 Å². The van der Waals surface area contributed by atoms with Crippen LogP contribution in [0.15, 0.2) is 24.3 Å².